The summed E-state index contributed by atoms with van der Waals surface area (Å²) in [4.78, 5) is 14.9. The highest BCUT2D eigenvalue weighted by Crippen LogP contribution is 2.24. The molecule has 6 nitrogen and oxygen atoms in total. The second kappa shape index (κ2) is 9.31. The number of sulfonamides is 1. The van der Waals surface area contributed by atoms with E-state index in [0.29, 0.717) is 30.8 Å². The van der Waals surface area contributed by atoms with Gasteiger partial charge in [-0.25, -0.2) is 8.42 Å². The number of carbonyl (C=O) groups excluding carboxylic acids is 1. The summed E-state index contributed by atoms with van der Waals surface area (Å²) in [5, 5.41) is 2.92. The maximum absolute atomic E-state index is 12.6. The van der Waals surface area contributed by atoms with Gasteiger partial charge in [-0.2, -0.15) is 0 Å². The molecule has 0 radical (unpaired) electrons. The van der Waals surface area contributed by atoms with Crippen LogP contribution in [0.3, 0.4) is 0 Å². The topological polar surface area (TPSA) is 69.7 Å². The minimum atomic E-state index is -3.29. The van der Waals surface area contributed by atoms with E-state index in [1.807, 2.05) is 12.1 Å². The summed E-state index contributed by atoms with van der Waals surface area (Å²) >= 11 is 0. The molecule has 1 amide bonds. The van der Waals surface area contributed by atoms with Gasteiger partial charge in [-0.15, -0.1) is 0 Å². The Balaban J connectivity index is 1.65. The van der Waals surface area contributed by atoms with Crippen LogP contribution in [0, 0.1) is 0 Å². The fourth-order valence-electron chi connectivity index (χ4n) is 3.58. The number of carbonyl (C=O) groups is 1. The van der Waals surface area contributed by atoms with Gasteiger partial charge < -0.3 is 10.2 Å². The van der Waals surface area contributed by atoms with Crippen molar-refractivity contribution < 1.29 is 13.2 Å². The quantitative estimate of drug-likeness (QED) is 0.753. The van der Waals surface area contributed by atoms with E-state index in [9.17, 15) is 13.2 Å². The van der Waals surface area contributed by atoms with Crippen molar-refractivity contribution in [2.45, 2.75) is 33.2 Å². The fourth-order valence-corrected chi connectivity index (χ4v) is 5.21. The Hall–Kier alpha value is -2.54. The minimum absolute atomic E-state index is 0.160. The third-order valence-electron chi connectivity index (χ3n) is 5.26. The van der Waals surface area contributed by atoms with Gasteiger partial charge in [0, 0.05) is 37.4 Å². The van der Waals surface area contributed by atoms with Crippen molar-refractivity contribution in [1.29, 1.82) is 0 Å². The molecule has 1 aliphatic rings. The standard InChI is InChI=1S/C22H29N3O3S/c1-3-24(4-2)20-12-10-18(11-13-20)17-23-22(26)19-8-7-9-21(16-19)25-14-5-6-15-29(25,27)28/h7-13,16H,3-6,14-15,17H2,1-2H3,(H,23,26). The molecule has 1 heterocycles. The number of nitrogens with one attached hydrogen (secondary N) is 1. The normalized spacial score (nSPS) is 15.7. The van der Waals surface area contributed by atoms with Crippen molar-refractivity contribution in [2.24, 2.45) is 0 Å². The Labute approximate surface area is 173 Å². The average Bonchev–Trinajstić information content (AvgIpc) is 2.73. The summed E-state index contributed by atoms with van der Waals surface area (Å²) in [6.07, 6.45) is 1.52. The molecule has 0 bridgehead atoms. The zero-order valence-electron chi connectivity index (χ0n) is 17.1. The van der Waals surface area contributed by atoms with Crippen LogP contribution in [0.2, 0.25) is 0 Å². The number of rotatable bonds is 7. The highest BCUT2D eigenvalue weighted by Gasteiger charge is 2.26. The molecule has 2 aromatic rings. The van der Waals surface area contributed by atoms with Crippen molar-refractivity contribution >= 4 is 27.3 Å². The Bertz CT molecular complexity index is 938. The van der Waals surface area contributed by atoms with Crippen LogP contribution in [0.25, 0.3) is 0 Å². The van der Waals surface area contributed by atoms with Gasteiger partial charge in [-0.05, 0) is 62.6 Å². The second-order valence-electron chi connectivity index (χ2n) is 7.17. The number of hydrogen-bond acceptors (Lipinski definition) is 4. The van der Waals surface area contributed by atoms with E-state index in [-0.39, 0.29) is 11.7 Å². The third kappa shape index (κ3) is 5.09. The van der Waals surface area contributed by atoms with E-state index < -0.39 is 10.0 Å². The molecular formula is C22H29N3O3S. The number of nitrogens with zero attached hydrogens (tertiary/aromatic N) is 2. The molecule has 1 aliphatic heterocycles. The second-order valence-corrected chi connectivity index (χ2v) is 9.18. The highest BCUT2D eigenvalue weighted by atomic mass is 32.2. The van der Waals surface area contributed by atoms with Crippen LogP contribution in [0.5, 0.6) is 0 Å². The number of amides is 1. The van der Waals surface area contributed by atoms with Gasteiger partial charge in [0.1, 0.15) is 0 Å². The SMILES string of the molecule is CCN(CC)c1ccc(CNC(=O)c2cccc(N3CCCCS3(=O)=O)c2)cc1. The van der Waals surface area contributed by atoms with E-state index in [0.717, 1.165) is 25.1 Å². The molecule has 29 heavy (non-hydrogen) atoms. The Morgan fingerprint density at radius 1 is 1.07 bits per heavy atom. The van der Waals surface area contributed by atoms with Crippen LogP contribution in [0.4, 0.5) is 11.4 Å². The summed E-state index contributed by atoms with van der Waals surface area (Å²) in [5.41, 5.74) is 3.20. The predicted octanol–water partition coefficient (Wildman–Crippen LogP) is 3.39. The van der Waals surface area contributed by atoms with Gasteiger partial charge in [0.25, 0.3) is 5.91 Å². The molecule has 0 unspecified atom stereocenters. The largest absolute Gasteiger partial charge is 0.372 e. The van der Waals surface area contributed by atoms with Gasteiger partial charge in [-0.1, -0.05) is 18.2 Å². The van der Waals surface area contributed by atoms with Crippen LogP contribution < -0.4 is 14.5 Å². The molecule has 0 saturated carbocycles. The first-order chi connectivity index (χ1) is 13.9. The van der Waals surface area contributed by atoms with Crippen LogP contribution in [-0.4, -0.2) is 39.7 Å². The van der Waals surface area contributed by atoms with Gasteiger partial charge in [0.05, 0.1) is 11.4 Å². The van der Waals surface area contributed by atoms with Gasteiger partial charge in [0.2, 0.25) is 10.0 Å². The maximum atomic E-state index is 12.6. The van der Waals surface area contributed by atoms with Gasteiger partial charge in [-0.3, -0.25) is 9.10 Å². The first kappa shape index (κ1) is 21.2. The summed E-state index contributed by atoms with van der Waals surface area (Å²) in [5.74, 6) is -0.0542. The lowest BCUT2D eigenvalue weighted by Crippen LogP contribution is -2.38. The van der Waals surface area contributed by atoms with Crippen molar-refractivity contribution in [1.82, 2.24) is 5.32 Å². The van der Waals surface area contributed by atoms with Crippen molar-refractivity contribution in [3.63, 3.8) is 0 Å². The summed E-state index contributed by atoms with van der Waals surface area (Å²) in [6, 6.07) is 15.0. The van der Waals surface area contributed by atoms with Crippen molar-refractivity contribution in [2.75, 3.05) is 34.6 Å². The molecular weight excluding hydrogens is 386 g/mol. The molecule has 1 fully saturated rings. The smallest absolute Gasteiger partial charge is 0.251 e. The lowest BCUT2D eigenvalue weighted by atomic mass is 10.1. The Kier molecular flexibility index (Phi) is 6.79. The van der Waals surface area contributed by atoms with E-state index in [4.69, 9.17) is 0 Å². The van der Waals surface area contributed by atoms with Crippen molar-refractivity contribution in [3.05, 3.63) is 59.7 Å². The predicted molar refractivity (Wildman–Crippen MR) is 118 cm³/mol. The molecule has 1 N–H and O–H groups in total. The van der Waals surface area contributed by atoms with Crippen LogP contribution in [0.1, 0.15) is 42.6 Å². The third-order valence-corrected chi connectivity index (χ3v) is 7.13. The molecule has 0 atom stereocenters. The van der Waals surface area contributed by atoms with E-state index in [1.54, 1.807) is 24.3 Å². The average molecular weight is 416 g/mol. The lowest BCUT2D eigenvalue weighted by Gasteiger charge is -2.28. The van der Waals surface area contributed by atoms with Crippen LogP contribution in [0.15, 0.2) is 48.5 Å². The van der Waals surface area contributed by atoms with Crippen LogP contribution in [-0.2, 0) is 16.6 Å². The first-order valence-corrected chi connectivity index (χ1v) is 11.8. The lowest BCUT2D eigenvalue weighted by molar-refractivity contribution is 0.0951. The molecule has 1 saturated heterocycles. The molecule has 2 aromatic carbocycles. The van der Waals surface area contributed by atoms with Gasteiger partial charge >= 0.3 is 0 Å². The van der Waals surface area contributed by atoms with Gasteiger partial charge in [0.15, 0.2) is 0 Å². The molecule has 0 aromatic heterocycles. The summed E-state index contributed by atoms with van der Waals surface area (Å²) < 4.78 is 26.0. The first-order valence-electron chi connectivity index (χ1n) is 10.2. The summed E-state index contributed by atoms with van der Waals surface area (Å²) in [6.45, 7) is 7.04. The Morgan fingerprint density at radius 3 is 2.45 bits per heavy atom. The Morgan fingerprint density at radius 2 is 1.79 bits per heavy atom. The number of hydrogen-bond donors (Lipinski definition) is 1. The molecule has 0 spiro atoms. The highest BCUT2D eigenvalue weighted by molar-refractivity contribution is 7.92. The van der Waals surface area contributed by atoms with Crippen molar-refractivity contribution in [3.8, 4) is 0 Å². The fraction of sp³-hybridized carbons (Fsp3) is 0.409. The van der Waals surface area contributed by atoms with E-state index >= 15 is 0 Å². The molecule has 156 valence electrons. The van der Waals surface area contributed by atoms with E-state index in [2.05, 4.69) is 36.2 Å². The van der Waals surface area contributed by atoms with Crippen LogP contribution >= 0.6 is 0 Å². The number of benzene rings is 2. The molecule has 3 rings (SSSR count). The van der Waals surface area contributed by atoms with E-state index in [1.165, 1.54) is 9.99 Å². The molecule has 0 aliphatic carbocycles. The maximum Gasteiger partial charge on any atom is 0.251 e. The zero-order valence-corrected chi connectivity index (χ0v) is 17.9. The summed E-state index contributed by atoms with van der Waals surface area (Å²) in [7, 11) is -3.29. The molecule has 7 heteroatoms. The number of anilines is 2. The zero-order chi connectivity index (χ0) is 20.9. The minimum Gasteiger partial charge on any atom is -0.372 e. The monoisotopic (exact) mass is 415 g/mol.